The van der Waals surface area contributed by atoms with Crippen molar-refractivity contribution < 1.29 is 18.3 Å². The molecule has 86 valence electrons. The van der Waals surface area contributed by atoms with Crippen molar-refractivity contribution in [1.82, 2.24) is 0 Å². The van der Waals surface area contributed by atoms with E-state index in [1.807, 2.05) is 0 Å². The molecule has 0 fully saturated rings. The van der Waals surface area contributed by atoms with Crippen molar-refractivity contribution >= 4 is 27.4 Å². The van der Waals surface area contributed by atoms with Gasteiger partial charge in [0.15, 0.2) is 9.84 Å². The first-order valence-corrected chi connectivity index (χ1v) is 6.67. The topological polar surface area (TPSA) is 71.4 Å². The number of benzene rings is 1. The van der Waals surface area contributed by atoms with Gasteiger partial charge in [-0.2, -0.15) is 0 Å². The van der Waals surface area contributed by atoms with Crippen LogP contribution < -0.4 is 0 Å². The van der Waals surface area contributed by atoms with Crippen molar-refractivity contribution in [3.63, 3.8) is 0 Å². The molecule has 1 aliphatic heterocycles. The second kappa shape index (κ2) is 3.75. The van der Waals surface area contributed by atoms with E-state index in [2.05, 4.69) is 0 Å². The maximum Gasteiger partial charge on any atom is 0.303 e. The largest absolute Gasteiger partial charge is 0.481 e. The first kappa shape index (κ1) is 11.4. The van der Waals surface area contributed by atoms with Gasteiger partial charge in [-0.1, -0.05) is 11.6 Å². The number of carboxylic acid groups (broad SMARTS) is 1. The lowest BCUT2D eigenvalue weighted by molar-refractivity contribution is -0.137. The van der Waals surface area contributed by atoms with Gasteiger partial charge in [0.05, 0.1) is 17.1 Å². The van der Waals surface area contributed by atoms with Gasteiger partial charge in [0, 0.05) is 10.9 Å². The minimum atomic E-state index is -3.34. The van der Waals surface area contributed by atoms with Crippen LogP contribution >= 0.6 is 11.6 Å². The zero-order chi connectivity index (χ0) is 11.9. The number of fused-ring (bicyclic) bond motifs is 1. The molecule has 0 saturated carbocycles. The predicted octanol–water partition coefficient (Wildman–Crippen LogP) is 1.69. The maximum absolute atomic E-state index is 11.7. The summed E-state index contributed by atoms with van der Waals surface area (Å²) in [6.07, 6.45) is -0.188. The minimum Gasteiger partial charge on any atom is -0.481 e. The molecule has 1 unspecified atom stereocenters. The van der Waals surface area contributed by atoms with E-state index >= 15 is 0 Å². The van der Waals surface area contributed by atoms with Gasteiger partial charge in [-0.05, 0) is 23.8 Å². The highest BCUT2D eigenvalue weighted by atomic mass is 35.5. The molecular weight excluding hydrogens is 252 g/mol. The zero-order valence-corrected chi connectivity index (χ0v) is 9.75. The van der Waals surface area contributed by atoms with Gasteiger partial charge in [0.25, 0.3) is 0 Å². The van der Waals surface area contributed by atoms with Crippen LogP contribution in [0.4, 0.5) is 0 Å². The molecule has 0 aromatic heterocycles. The van der Waals surface area contributed by atoms with E-state index in [-0.39, 0.29) is 17.1 Å². The summed E-state index contributed by atoms with van der Waals surface area (Å²) >= 11 is 5.78. The number of hydrogen-bond donors (Lipinski definition) is 1. The Balaban J connectivity index is 2.52. The Morgan fingerprint density at radius 2 is 2.19 bits per heavy atom. The van der Waals surface area contributed by atoms with Crippen LogP contribution in [0.15, 0.2) is 23.1 Å². The fourth-order valence-corrected chi connectivity index (χ4v) is 3.99. The first-order valence-electron chi connectivity index (χ1n) is 4.64. The van der Waals surface area contributed by atoms with Crippen molar-refractivity contribution in [3.8, 4) is 0 Å². The molecular formula is C10H9ClO4S. The Hall–Kier alpha value is -1.07. The van der Waals surface area contributed by atoms with Crippen LogP contribution in [0.2, 0.25) is 5.02 Å². The summed E-state index contributed by atoms with van der Waals surface area (Å²) in [7, 11) is -3.34. The van der Waals surface area contributed by atoms with Crippen molar-refractivity contribution in [1.29, 1.82) is 0 Å². The normalized spacial score (nSPS) is 21.7. The van der Waals surface area contributed by atoms with Crippen molar-refractivity contribution in [2.24, 2.45) is 0 Å². The highest BCUT2D eigenvalue weighted by Crippen LogP contribution is 2.38. The molecule has 0 aliphatic carbocycles. The molecule has 16 heavy (non-hydrogen) atoms. The number of aliphatic carboxylic acids is 1. The molecule has 0 bridgehead atoms. The van der Waals surface area contributed by atoms with E-state index in [4.69, 9.17) is 16.7 Å². The molecule has 1 N–H and O–H groups in total. The molecule has 2 rings (SSSR count). The Morgan fingerprint density at radius 1 is 1.50 bits per heavy atom. The molecule has 0 amide bonds. The van der Waals surface area contributed by atoms with E-state index in [0.717, 1.165) is 0 Å². The van der Waals surface area contributed by atoms with Gasteiger partial charge in [-0.25, -0.2) is 8.42 Å². The van der Waals surface area contributed by atoms with Gasteiger partial charge in [0.1, 0.15) is 0 Å². The van der Waals surface area contributed by atoms with E-state index in [1.54, 1.807) is 0 Å². The third-order valence-corrected chi connectivity index (χ3v) is 4.71. The summed E-state index contributed by atoms with van der Waals surface area (Å²) in [6.45, 7) is 0. The molecule has 4 nitrogen and oxygen atoms in total. The second-order valence-electron chi connectivity index (χ2n) is 3.76. The van der Waals surface area contributed by atoms with Crippen LogP contribution in [0.25, 0.3) is 0 Å². The van der Waals surface area contributed by atoms with E-state index in [0.29, 0.717) is 10.6 Å². The van der Waals surface area contributed by atoms with Crippen LogP contribution in [-0.4, -0.2) is 25.2 Å². The summed E-state index contributed by atoms with van der Waals surface area (Å²) in [5.41, 5.74) is 0.523. The number of halogens is 1. The van der Waals surface area contributed by atoms with Crippen LogP contribution in [0.3, 0.4) is 0 Å². The lowest BCUT2D eigenvalue weighted by atomic mass is 9.98. The van der Waals surface area contributed by atoms with Gasteiger partial charge < -0.3 is 5.11 Å². The average molecular weight is 261 g/mol. The Kier molecular flexibility index (Phi) is 2.67. The standard InChI is InChI=1S/C10H9ClO4S/c11-7-1-2-9-8(4-7)6(3-10(12)13)5-16(9,14)15/h1-2,4,6H,3,5H2,(H,12,13). The first-order chi connectivity index (χ1) is 7.40. The van der Waals surface area contributed by atoms with Gasteiger partial charge in [0.2, 0.25) is 0 Å². The third kappa shape index (κ3) is 1.92. The van der Waals surface area contributed by atoms with Crippen molar-refractivity contribution in [2.75, 3.05) is 5.75 Å². The van der Waals surface area contributed by atoms with Crippen LogP contribution in [0.1, 0.15) is 17.9 Å². The number of carboxylic acids is 1. The average Bonchev–Trinajstić information content (AvgIpc) is 2.37. The second-order valence-corrected chi connectivity index (χ2v) is 6.20. The SMILES string of the molecule is O=C(O)CC1CS(=O)(=O)c2ccc(Cl)cc21. The van der Waals surface area contributed by atoms with E-state index < -0.39 is 21.7 Å². The summed E-state index contributed by atoms with van der Waals surface area (Å²) in [4.78, 5) is 10.8. The van der Waals surface area contributed by atoms with Gasteiger partial charge in [-0.3, -0.25) is 4.79 Å². The minimum absolute atomic E-state index is 0.144. The Labute approximate surface area is 97.8 Å². The Morgan fingerprint density at radius 3 is 2.81 bits per heavy atom. The lowest BCUT2D eigenvalue weighted by Gasteiger charge is -2.06. The molecule has 1 atom stereocenters. The fourth-order valence-electron chi connectivity index (χ4n) is 1.95. The highest BCUT2D eigenvalue weighted by Gasteiger charge is 2.35. The van der Waals surface area contributed by atoms with Crippen LogP contribution in [0, 0.1) is 0 Å². The highest BCUT2D eigenvalue weighted by molar-refractivity contribution is 7.91. The summed E-state index contributed by atoms with van der Waals surface area (Å²) in [5.74, 6) is -1.64. The molecule has 0 spiro atoms. The molecule has 0 saturated heterocycles. The lowest BCUT2D eigenvalue weighted by Crippen LogP contribution is -2.08. The van der Waals surface area contributed by atoms with Crippen LogP contribution in [0.5, 0.6) is 0 Å². The molecule has 6 heteroatoms. The number of carbonyl (C=O) groups is 1. The van der Waals surface area contributed by atoms with E-state index in [9.17, 15) is 13.2 Å². The molecule has 1 heterocycles. The van der Waals surface area contributed by atoms with E-state index in [1.165, 1.54) is 18.2 Å². The smallest absolute Gasteiger partial charge is 0.303 e. The Bertz CT molecular complexity index is 550. The quantitative estimate of drug-likeness (QED) is 0.878. The van der Waals surface area contributed by atoms with Gasteiger partial charge >= 0.3 is 5.97 Å². The summed E-state index contributed by atoms with van der Waals surface area (Å²) in [5, 5.41) is 9.13. The third-order valence-electron chi connectivity index (χ3n) is 2.59. The number of hydrogen-bond acceptors (Lipinski definition) is 3. The van der Waals surface area contributed by atoms with Crippen molar-refractivity contribution in [3.05, 3.63) is 28.8 Å². The molecule has 1 aromatic carbocycles. The summed E-state index contributed by atoms with van der Waals surface area (Å²) in [6, 6.07) is 4.48. The molecule has 0 radical (unpaired) electrons. The number of sulfone groups is 1. The van der Waals surface area contributed by atoms with Crippen LogP contribution in [-0.2, 0) is 14.6 Å². The number of rotatable bonds is 2. The molecule has 1 aromatic rings. The molecule has 1 aliphatic rings. The predicted molar refractivity (Wildman–Crippen MR) is 58.5 cm³/mol. The van der Waals surface area contributed by atoms with Crippen molar-refractivity contribution in [2.45, 2.75) is 17.2 Å². The maximum atomic E-state index is 11.7. The zero-order valence-electron chi connectivity index (χ0n) is 8.18. The fraction of sp³-hybridized carbons (Fsp3) is 0.300. The summed E-state index contributed by atoms with van der Waals surface area (Å²) < 4.78 is 23.4. The van der Waals surface area contributed by atoms with Gasteiger partial charge in [-0.15, -0.1) is 0 Å². The monoisotopic (exact) mass is 260 g/mol.